The van der Waals surface area contributed by atoms with Crippen LogP contribution in [0.1, 0.15) is 22.5 Å². The van der Waals surface area contributed by atoms with Gasteiger partial charge >= 0.3 is 0 Å². The highest BCUT2D eigenvalue weighted by Gasteiger charge is 2.22. The number of thiazole rings is 1. The molecule has 8 heteroatoms. The van der Waals surface area contributed by atoms with Crippen molar-refractivity contribution in [1.82, 2.24) is 19.5 Å². The quantitative estimate of drug-likeness (QED) is 0.495. The van der Waals surface area contributed by atoms with Crippen LogP contribution in [0.4, 0.5) is 5.13 Å². The minimum absolute atomic E-state index is 0.116. The Bertz CT molecular complexity index is 1280. The standard InChI is InChI=1S/C22H21N5O2S/c1-14-7-6-9-18-20(14)25-22(30-18)27(11-17-8-4-5-10-23-17)19(28)12-26-13-24-16(3)15(2)21(26)29/h4-10,13H,11-12H2,1-3H3. The maximum atomic E-state index is 13.3. The zero-order valence-electron chi connectivity index (χ0n) is 17.0. The highest BCUT2D eigenvalue weighted by molar-refractivity contribution is 7.22. The molecule has 0 bridgehead atoms. The number of nitrogens with zero attached hydrogens (tertiary/aromatic N) is 5. The van der Waals surface area contributed by atoms with Gasteiger partial charge in [-0.05, 0) is 44.5 Å². The Morgan fingerprint density at radius 1 is 1.10 bits per heavy atom. The van der Waals surface area contributed by atoms with Crippen molar-refractivity contribution in [2.45, 2.75) is 33.9 Å². The van der Waals surface area contributed by atoms with Gasteiger partial charge in [-0.1, -0.05) is 29.5 Å². The van der Waals surface area contributed by atoms with E-state index in [1.165, 1.54) is 22.2 Å². The van der Waals surface area contributed by atoms with Crippen LogP contribution in [0.5, 0.6) is 0 Å². The summed E-state index contributed by atoms with van der Waals surface area (Å²) in [6.45, 7) is 5.64. The number of para-hydroxylation sites is 1. The fourth-order valence-electron chi connectivity index (χ4n) is 3.13. The van der Waals surface area contributed by atoms with Crippen molar-refractivity contribution in [2.24, 2.45) is 0 Å². The minimum atomic E-state index is -0.246. The van der Waals surface area contributed by atoms with Gasteiger partial charge in [-0.2, -0.15) is 0 Å². The number of carbonyl (C=O) groups excluding carboxylic acids is 1. The first-order valence-corrected chi connectivity index (χ1v) is 10.3. The lowest BCUT2D eigenvalue weighted by Crippen LogP contribution is -2.37. The molecule has 3 heterocycles. The van der Waals surface area contributed by atoms with Crippen LogP contribution in [-0.4, -0.2) is 25.4 Å². The van der Waals surface area contributed by atoms with E-state index in [9.17, 15) is 9.59 Å². The third-order valence-corrected chi connectivity index (χ3v) is 6.05. The molecule has 0 N–H and O–H groups in total. The Balaban J connectivity index is 1.73. The maximum absolute atomic E-state index is 13.3. The Labute approximate surface area is 177 Å². The summed E-state index contributed by atoms with van der Waals surface area (Å²) in [4.78, 5) is 40.7. The SMILES string of the molecule is Cc1ncn(CC(=O)N(Cc2ccccn2)c2nc3c(C)cccc3s2)c(=O)c1C. The summed E-state index contributed by atoms with van der Waals surface area (Å²) in [5, 5.41) is 0.583. The predicted molar refractivity (Wildman–Crippen MR) is 118 cm³/mol. The highest BCUT2D eigenvalue weighted by Crippen LogP contribution is 2.31. The van der Waals surface area contributed by atoms with Crippen LogP contribution in [-0.2, 0) is 17.9 Å². The van der Waals surface area contributed by atoms with Gasteiger partial charge in [-0.3, -0.25) is 24.0 Å². The Morgan fingerprint density at radius 3 is 2.67 bits per heavy atom. The summed E-state index contributed by atoms with van der Waals surface area (Å²) in [5.41, 5.74) is 3.66. The molecule has 0 spiro atoms. The number of carbonyl (C=O) groups is 1. The zero-order chi connectivity index (χ0) is 21.3. The second-order valence-electron chi connectivity index (χ2n) is 7.11. The third kappa shape index (κ3) is 3.86. The summed E-state index contributed by atoms with van der Waals surface area (Å²) in [6, 6.07) is 11.5. The van der Waals surface area contributed by atoms with Crippen LogP contribution in [0.25, 0.3) is 10.2 Å². The topological polar surface area (TPSA) is 81.0 Å². The van der Waals surface area contributed by atoms with E-state index in [0.717, 1.165) is 21.5 Å². The Kier molecular flexibility index (Phi) is 5.41. The molecule has 4 aromatic rings. The number of pyridine rings is 1. The molecule has 152 valence electrons. The first-order valence-electron chi connectivity index (χ1n) is 9.53. The maximum Gasteiger partial charge on any atom is 0.256 e. The molecule has 0 aliphatic carbocycles. The van der Waals surface area contributed by atoms with Crippen LogP contribution in [0.2, 0.25) is 0 Å². The zero-order valence-corrected chi connectivity index (χ0v) is 17.8. The van der Waals surface area contributed by atoms with E-state index in [-0.39, 0.29) is 24.6 Å². The van der Waals surface area contributed by atoms with E-state index in [2.05, 4.69) is 9.97 Å². The summed E-state index contributed by atoms with van der Waals surface area (Å²) in [6.07, 6.45) is 3.11. The third-order valence-electron chi connectivity index (χ3n) is 5.01. The van der Waals surface area contributed by atoms with Crippen LogP contribution in [0.15, 0.2) is 53.7 Å². The summed E-state index contributed by atoms with van der Waals surface area (Å²) >= 11 is 1.45. The number of hydrogen-bond donors (Lipinski definition) is 0. The molecule has 0 atom stereocenters. The van der Waals surface area contributed by atoms with Crippen LogP contribution in [0.3, 0.4) is 0 Å². The molecular formula is C22H21N5O2S. The molecule has 30 heavy (non-hydrogen) atoms. The van der Waals surface area contributed by atoms with Crippen molar-refractivity contribution < 1.29 is 4.79 Å². The van der Waals surface area contributed by atoms with E-state index < -0.39 is 0 Å². The molecule has 0 radical (unpaired) electrons. The van der Waals surface area contributed by atoms with Crippen molar-refractivity contribution in [3.05, 3.63) is 81.8 Å². The highest BCUT2D eigenvalue weighted by atomic mass is 32.1. The van der Waals surface area contributed by atoms with Gasteiger partial charge in [-0.15, -0.1) is 0 Å². The average molecular weight is 420 g/mol. The van der Waals surface area contributed by atoms with Gasteiger partial charge in [0, 0.05) is 17.5 Å². The summed E-state index contributed by atoms with van der Waals surface area (Å²) < 4.78 is 2.35. The Morgan fingerprint density at radius 2 is 1.93 bits per heavy atom. The first kappa shape index (κ1) is 19.9. The van der Waals surface area contributed by atoms with Crippen molar-refractivity contribution in [3.63, 3.8) is 0 Å². The lowest BCUT2D eigenvalue weighted by Gasteiger charge is -2.20. The molecule has 7 nitrogen and oxygen atoms in total. The predicted octanol–water partition coefficient (Wildman–Crippen LogP) is 3.41. The van der Waals surface area contributed by atoms with Crippen molar-refractivity contribution in [1.29, 1.82) is 0 Å². The molecule has 0 saturated carbocycles. The second kappa shape index (κ2) is 8.16. The van der Waals surface area contributed by atoms with Gasteiger partial charge in [0.25, 0.3) is 5.56 Å². The lowest BCUT2D eigenvalue weighted by molar-refractivity contribution is -0.119. The lowest BCUT2D eigenvalue weighted by atomic mass is 10.2. The normalized spacial score (nSPS) is 11.0. The molecule has 0 aliphatic heterocycles. The molecule has 0 fully saturated rings. The Hall–Kier alpha value is -3.39. The average Bonchev–Trinajstić information content (AvgIpc) is 3.18. The largest absolute Gasteiger partial charge is 0.289 e. The van der Waals surface area contributed by atoms with Crippen LogP contribution < -0.4 is 10.5 Å². The molecule has 0 aliphatic rings. The first-order chi connectivity index (χ1) is 14.4. The van der Waals surface area contributed by atoms with Crippen molar-refractivity contribution >= 4 is 32.6 Å². The van der Waals surface area contributed by atoms with Crippen molar-refractivity contribution in [2.75, 3.05) is 4.90 Å². The number of amides is 1. The summed E-state index contributed by atoms with van der Waals surface area (Å²) in [5.74, 6) is -0.246. The molecule has 3 aromatic heterocycles. The van der Waals surface area contributed by atoms with Gasteiger partial charge in [0.05, 0.1) is 28.8 Å². The van der Waals surface area contributed by atoms with Crippen LogP contribution >= 0.6 is 11.3 Å². The smallest absolute Gasteiger partial charge is 0.256 e. The van der Waals surface area contributed by atoms with E-state index in [1.807, 2.05) is 43.3 Å². The summed E-state index contributed by atoms with van der Waals surface area (Å²) in [7, 11) is 0. The van der Waals surface area contributed by atoms with E-state index >= 15 is 0 Å². The molecule has 4 rings (SSSR count). The monoisotopic (exact) mass is 419 g/mol. The number of rotatable bonds is 5. The fraction of sp³-hybridized carbons (Fsp3) is 0.227. The molecule has 1 aromatic carbocycles. The number of aromatic nitrogens is 4. The van der Waals surface area contributed by atoms with E-state index in [4.69, 9.17) is 4.98 Å². The van der Waals surface area contributed by atoms with Gasteiger partial charge < -0.3 is 0 Å². The van der Waals surface area contributed by atoms with E-state index in [0.29, 0.717) is 16.4 Å². The molecule has 1 amide bonds. The van der Waals surface area contributed by atoms with Gasteiger partial charge in [0.2, 0.25) is 5.91 Å². The molecule has 0 unspecified atom stereocenters. The van der Waals surface area contributed by atoms with Crippen LogP contribution in [0, 0.1) is 20.8 Å². The second-order valence-corrected chi connectivity index (χ2v) is 8.12. The fourth-order valence-corrected chi connectivity index (χ4v) is 4.19. The van der Waals surface area contributed by atoms with Crippen molar-refractivity contribution in [3.8, 4) is 0 Å². The molecule has 0 saturated heterocycles. The number of anilines is 1. The number of benzene rings is 1. The minimum Gasteiger partial charge on any atom is -0.289 e. The van der Waals surface area contributed by atoms with Gasteiger partial charge in [-0.25, -0.2) is 9.97 Å². The number of hydrogen-bond acceptors (Lipinski definition) is 6. The number of fused-ring (bicyclic) bond motifs is 1. The van der Waals surface area contributed by atoms with Gasteiger partial charge in [0.15, 0.2) is 5.13 Å². The van der Waals surface area contributed by atoms with Gasteiger partial charge in [0.1, 0.15) is 6.54 Å². The van der Waals surface area contributed by atoms with E-state index in [1.54, 1.807) is 24.9 Å². The number of aryl methyl sites for hydroxylation is 2. The molecular weight excluding hydrogens is 398 g/mol.